The number of hydrogen-bond acceptors (Lipinski definition) is 7. The Morgan fingerprint density at radius 2 is 1.98 bits per heavy atom. The minimum atomic E-state index is -2.53. The number of nitrogens with zero attached hydrogens (tertiary/aromatic N) is 3. The van der Waals surface area contributed by atoms with Gasteiger partial charge in [0.25, 0.3) is 11.8 Å². The van der Waals surface area contributed by atoms with E-state index in [9.17, 15) is 13.8 Å². The molecule has 3 unspecified atom stereocenters. The van der Waals surface area contributed by atoms with E-state index >= 15 is 0 Å². The number of anilines is 1. The Hall–Kier alpha value is -3.64. The molecule has 2 aliphatic heterocycles. The first-order valence-electron chi connectivity index (χ1n) is 19.7. The van der Waals surface area contributed by atoms with Crippen molar-refractivity contribution >= 4 is 39.7 Å². The smallest absolute Gasteiger partial charge is 0.285 e. The Kier molecular flexibility index (Phi) is 12.1. The van der Waals surface area contributed by atoms with Crippen molar-refractivity contribution in [2.75, 3.05) is 38.8 Å². The van der Waals surface area contributed by atoms with Crippen LogP contribution >= 0.6 is 11.6 Å². The molecule has 296 valence electrons. The van der Waals surface area contributed by atoms with E-state index in [1.165, 1.54) is 11.1 Å². The van der Waals surface area contributed by atoms with Crippen molar-refractivity contribution in [3.63, 3.8) is 0 Å². The lowest BCUT2D eigenvalue weighted by molar-refractivity contribution is -0.00436. The van der Waals surface area contributed by atoms with Gasteiger partial charge in [0.1, 0.15) is 11.1 Å². The molecule has 2 amide bonds. The zero-order chi connectivity index (χ0) is 38.9. The van der Waals surface area contributed by atoms with E-state index in [1.807, 2.05) is 37.4 Å². The molecule has 0 bridgehead atoms. The molecule has 7 rings (SSSR count). The average Bonchev–Trinajstić information content (AvgIpc) is 3.54. The summed E-state index contributed by atoms with van der Waals surface area (Å²) in [6.07, 6.45) is 11.1. The van der Waals surface area contributed by atoms with Gasteiger partial charge < -0.3 is 29.0 Å². The molecule has 2 aromatic carbocycles. The highest BCUT2D eigenvalue weighted by atomic mass is 35.5. The Morgan fingerprint density at radius 3 is 2.73 bits per heavy atom. The molecule has 55 heavy (non-hydrogen) atoms. The fourth-order valence-electron chi connectivity index (χ4n) is 9.26. The number of amides is 2. The second-order valence-corrected chi connectivity index (χ2v) is 17.9. The first-order chi connectivity index (χ1) is 26.5. The average molecular weight is 791 g/mol. The van der Waals surface area contributed by atoms with Gasteiger partial charge in [0.15, 0.2) is 0 Å². The Morgan fingerprint density at radius 1 is 1.15 bits per heavy atom. The number of rotatable bonds is 12. The standard InChI is InChI=1S/C43H55ClN4O6S/c1-6-8-27(2)42(45-40(49)32-20-34-22-35(53-5)16-18-47(34)24-32)55(51)46-41(50)30-11-15-39-38(21-30)48(23-31-10-13-36(31)28(3)52-4)25-43(26-54-39)17-7-9-29-19-33(44)12-14-37(29)43/h6,11-12,14-15,19-21,24,27-28,31,35-36,42,55H,1,7-10,13,16-18,22-23,25-26H2,2-5H3,(H,45,49)/t27-,28-,31-,35?,36-,42?,43-/m0/s1. The number of hydrogen-bond donors (Lipinski definition) is 2. The number of halogens is 1. The second-order valence-electron chi connectivity index (χ2n) is 16.1. The van der Waals surface area contributed by atoms with Crippen LogP contribution in [-0.4, -0.2) is 72.1 Å². The quantitative estimate of drug-likeness (QED) is 0.145. The maximum absolute atomic E-state index is 14.0. The summed E-state index contributed by atoms with van der Waals surface area (Å²) in [4.78, 5) is 29.9. The molecule has 3 aromatic rings. The topological polar surface area (TPSA) is 111 Å². The van der Waals surface area contributed by atoms with Crippen molar-refractivity contribution < 1.29 is 28.0 Å². The van der Waals surface area contributed by atoms with Gasteiger partial charge >= 0.3 is 0 Å². The SMILES string of the molecule is C=CC[C@H](C)C(NC(=O)c1cc2n(c1)CCC(OC)C2)/[SH](=O)=N\C(=O)c1ccc2c(c1)N(C[C@@H]1CC[C@H]1[C@H](C)OC)C[C@@]1(CCCc3cc(Cl)ccc31)CO2. The fourth-order valence-corrected chi connectivity index (χ4v) is 10.7. The number of aromatic nitrogens is 1. The minimum absolute atomic E-state index is 0.115. The molecule has 8 atom stereocenters. The third-order valence-electron chi connectivity index (χ3n) is 12.7. The molecule has 1 saturated carbocycles. The Balaban J connectivity index is 1.17. The summed E-state index contributed by atoms with van der Waals surface area (Å²) in [6, 6.07) is 13.5. The number of carbonyl (C=O) groups excluding carboxylic acids is 2. The van der Waals surface area contributed by atoms with Crippen LogP contribution in [0.3, 0.4) is 0 Å². The summed E-state index contributed by atoms with van der Waals surface area (Å²) >= 11 is 6.46. The van der Waals surface area contributed by atoms with Gasteiger partial charge in [-0.1, -0.05) is 30.7 Å². The van der Waals surface area contributed by atoms with E-state index in [-0.39, 0.29) is 29.4 Å². The number of fused-ring (bicyclic) bond motifs is 4. The molecule has 1 fully saturated rings. The van der Waals surface area contributed by atoms with Crippen LogP contribution in [0.15, 0.2) is 65.7 Å². The van der Waals surface area contributed by atoms with Gasteiger partial charge in [-0.25, -0.2) is 0 Å². The first kappa shape index (κ1) is 39.6. The Bertz CT molecular complexity index is 2010. The summed E-state index contributed by atoms with van der Waals surface area (Å²) < 4.78 is 38.3. The van der Waals surface area contributed by atoms with Crippen molar-refractivity contribution in [3.05, 3.63) is 94.3 Å². The molecule has 4 aliphatic rings. The second kappa shape index (κ2) is 16.8. The van der Waals surface area contributed by atoms with Crippen LogP contribution in [0.4, 0.5) is 5.69 Å². The number of benzene rings is 2. The third kappa shape index (κ3) is 8.27. The van der Waals surface area contributed by atoms with Crippen LogP contribution in [0.25, 0.3) is 0 Å². The van der Waals surface area contributed by atoms with Gasteiger partial charge in [-0.3, -0.25) is 13.8 Å². The van der Waals surface area contributed by atoms with E-state index in [0.717, 1.165) is 81.0 Å². The summed E-state index contributed by atoms with van der Waals surface area (Å²) in [5, 5.41) is 2.84. The molecule has 12 heteroatoms. The lowest BCUT2D eigenvalue weighted by atomic mass is 9.68. The number of carbonyl (C=O) groups is 2. The molecule has 10 nitrogen and oxygen atoms in total. The summed E-state index contributed by atoms with van der Waals surface area (Å²) in [5.41, 5.74) is 4.96. The molecule has 3 heterocycles. The largest absolute Gasteiger partial charge is 0.490 e. The molecule has 1 aromatic heterocycles. The molecular weight excluding hydrogens is 736 g/mol. The minimum Gasteiger partial charge on any atom is -0.490 e. The molecular formula is C43H55ClN4O6S. The van der Waals surface area contributed by atoms with Crippen LogP contribution < -0.4 is 15.0 Å². The van der Waals surface area contributed by atoms with E-state index < -0.39 is 21.9 Å². The monoisotopic (exact) mass is 790 g/mol. The van der Waals surface area contributed by atoms with Crippen molar-refractivity contribution in [2.24, 2.45) is 22.1 Å². The highest BCUT2D eigenvalue weighted by molar-refractivity contribution is 7.76. The maximum atomic E-state index is 14.0. The van der Waals surface area contributed by atoms with Crippen LogP contribution in [0, 0.1) is 17.8 Å². The van der Waals surface area contributed by atoms with Crippen molar-refractivity contribution in [1.29, 1.82) is 0 Å². The van der Waals surface area contributed by atoms with Gasteiger partial charge in [0, 0.05) is 68.2 Å². The molecule has 1 N–H and O–H groups in total. The highest BCUT2D eigenvalue weighted by Crippen LogP contribution is 2.47. The predicted molar refractivity (Wildman–Crippen MR) is 218 cm³/mol. The van der Waals surface area contributed by atoms with E-state index in [0.29, 0.717) is 41.7 Å². The van der Waals surface area contributed by atoms with Gasteiger partial charge in [-0.2, -0.15) is 4.36 Å². The summed E-state index contributed by atoms with van der Waals surface area (Å²) in [7, 11) is 0.947. The number of methoxy groups -OCH3 is 2. The van der Waals surface area contributed by atoms with Crippen LogP contribution in [0.1, 0.15) is 89.9 Å². The highest BCUT2D eigenvalue weighted by Gasteiger charge is 2.44. The van der Waals surface area contributed by atoms with E-state index in [1.54, 1.807) is 26.4 Å². The number of ether oxygens (including phenoxy) is 3. The van der Waals surface area contributed by atoms with Crippen molar-refractivity contribution in [3.8, 4) is 5.75 Å². The molecule has 1 spiro atoms. The van der Waals surface area contributed by atoms with Gasteiger partial charge in [-0.15, -0.1) is 6.58 Å². The van der Waals surface area contributed by atoms with Crippen molar-refractivity contribution in [1.82, 2.24) is 9.88 Å². The van der Waals surface area contributed by atoms with Crippen LogP contribution in [0.2, 0.25) is 5.02 Å². The molecule has 0 radical (unpaired) electrons. The van der Waals surface area contributed by atoms with Crippen LogP contribution in [0.5, 0.6) is 5.75 Å². The first-order valence-corrected chi connectivity index (χ1v) is 21.4. The van der Waals surface area contributed by atoms with Crippen LogP contribution in [-0.2, 0) is 44.9 Å². The lowest BCUT2D eigenvalue weighted by Gasteiger charge is -2.45. The van der Waals surface area contributed by atoms with E-state index in [4.69, 9.17) is 25.8 Å². The van der Waals surface area contributed by atoms with Gasteiger partial charge in [-0.05, 0) is 117 Å². The number of aryl methyl sites for hydroxylation is 2. The third-order valence-corrected chi connectivity index (χ3v) is 14.4. The summed E-state index contributed by atoms with van der Waals surface area (Å²) in [6.45, 7) is 10.7. The Labute approximate surface area is 332 Å². The van der Waals surface area contributed by atoms with Gasteiger partial charge in [0.2, 0.25) is 0 Å². The normalized spacial score (nSPS) is 25.3. The maximum Gasteiger partial charge on any atom is 0.285 e. The zero-order valence-electron chi connectivity index (χ0n) is 32.5. The predicted octanol–water partition coefficient (Wildman–Crippen LogP) is 7.41. The van der Waals surface area contributed by atoms with Crippen molar-refractivity contribution in [2.45, 2.75) is 94.8 Å². The molecule has 0 saturated heterocycles. The molecule has 2 aliphatic carbocycles. The fraction of sp³-hybridized carbons (Fsp3) is 0.535. The van der Waals surface area contributed by atoms with E-state index in [2.05, 4.69) is 44.8 Å². The number of thiol groups is 1. The van der Waals surface area contributed by atoms with Gasteiger partial charge in [0.05, 0.1) is 40.7 Å². The lowest BCUT2D eigenvalue weighted by Crippen LogP contribution is -2.49. The summed E-state index contributed by atoms with van der Waals surface area (Å²) in [5.74, 6) is 0.365. The number of allylic oxidation sites excluding steroid dienone is 1. The number of nitrogens with one attached hydrogen (secondary N) is 1. The zero-order valence-corrected chi connectivity index (χ0v) is 34.1.